The van der Waals surface area contributed by atoms with Gasteiger partial charge in [-0.25, -0.2) is 0 Å². The molecule has 0 aromatic heterocycles. The van der Waals surface area contributed by atoms with Crippen LogP contribution >= 0.6 is 0 Å². The van der Waals surface area contributed by atoms with E-state index in [2.05, 4.69) is 0 Å². The highest BCUT2D eigenvalue weighted by molar-refractivity contribution is 5.86. The van der Waals surface area contributed by atoms with Gasteiger partial charge in [0.25, 0.3) is 0 Å². The van der Waals surface area contributed by atoms with E-state index >= 15 is 0 Å². The van der Waals surface area contributed by atoms with Gasteiger partial charge in [-0.1, -0.05) is 13.3 Å². The van der Waals surface area contributed by atoms with Crippen LogP contribution in [0.1, 0.15) is 39.5 Å². The van der Waals surface area contributed by atoms with Crippen molar-refractivity contribution in [1.29, 1.82) is 0 Å². The minimum atomic E-state index is -0.970. The van der Waals surface area contributed by atoms with E-state index in [4.69, 9.17) is 10.8 Å². The van der Waals surface area contributed by atoms with Gasteiger partial charge in [0, 0.05) is 12.6 Å². The zero-order chi connectivity index (χ0) is 13.1. The Bertz CT molecular complexity index is 306. The average Bonchev–Trinajstić information content (AvgIpc) is 2.58. The van der Waals surface area contributed by atoms with Gasteiger partial charge < -0.3 is 15.7 Å². The van der Waals surface area contributed by atoms with E-state index in [1.807, 2.05) is 13.8 Å². The van der Waals surface area contributed by atoms with Gasteiger partial charge in [0.05, 0.1) is 5.41 Å². The molecule has 2 atom stereocenters. The summed E-state index contributed by atoms with van der Waals surface area (Å²) >= 11 is 0. The first-order valence-corrected chi connectivity index (χ1v) is 6.18. The van der Waals surface area contributed by atoms with Crippen LogP contribution in [-0.4, -0.2) is 41.0 Å². The quantitative estimate of drug-likeness (QED) is 0.748. The van der Waals surface area contributed by atoms with Crippen molar-refractivity contribution in [3.05, 3.63) is 0 Å². The highest BCUT2D eigenvalue weighted by atomic mass is 16.4. The van der Waals surface area contributed by atoms with Gasteiger partial charge in [-0.05, 0) is 26.2 Å². The topological polar surface area (TPSA) is 83.6 Å². The van der Waals surface area contributed by atoms with Crippen LogP contribution in [0.5, 0.6) is 0 Å². The second-order valence-electron chi connectivity index (χ2n) is 5.04. The molecule has 3 N–H and O–H groups in total. The molecule has 0 bridgehead atoms. The predicted octanol–water partition coefficient (Wildman–Crippen LogP) is 0.827. The second-order valence-corrected chi connectivity index (χ2v) is 5.04. The Kier molecular flexibility index (Phi) is 4.51. The van der Waals surface area contributed by atoms with Gasteiger partial charge in [0.15, 0.2) is 0 Å². The molecule has 0 radical (unpaired) electrons. The van der Waals surface area contributed by atoms with E-state index in [9.17, 15) is 9.59 Å². The number of carboxylic acid groups (broad SMARTS) is 1. The molecule has 17 heavy (non-hydrogen) atoms. The van der Waals surface area contributed by atoms with Crippen molar-refractivity contribution in [3.8, 4) is 0 Å². The number of aliphatic carboxylic acids is 1. The van der Waals surface area contributed by atoms with Crippen molar-refractivity contribution in [2.24, 2.45) is 11.1 Å². The molecule has 1 fully saturated rings. The molecule has 1 aliphatic rings. The molecular formula is C12H22N2O3. The number of amides is 1. The molecule has 1 amide bonds. The van der Waals surface area contributed by atoms with Crippen LogP contribution in [0.15, 0.2) is 0 Å². The SMILES string of the molecule is CCCN(CC(=O)O)C(=O)C1(C)CCCC1N. The molecule has 0 spiro atoms. The van der Waals surface area contributed by atoms with Crippen molar-refractivity contribution in [3.63, 3.8) is 0 Å². The fourth-order valence-electron chi connectivity index (χ4n) is 2.51. The van der Waals surface area contributed by atoms with E-state index in [-0.39, 0.29) is 18.5 Å². The van der Waals surface area contributed by atoms with Gasteiger partial charge in [-0.2, -0.15) is 0 Å². The molecule has 0 heterocycles. The zero-order valence-corrected chi connectivity index (χ0v) is 10.6. The van der Waals surface area contributed by atoms with Crippen molar-refractivity contribution >= 4 is 11.9 Å². The molecule has 1 rings (SSSR count). The molecule has 0 aromatic rings. The Morgan fingerprint density at radius 1 is 1.53 bits per heavy atom. The highest BCUT2D eigenvalue weighted by Crippen LogP contribution is 2.38. The second kappa shape index (κ2) is 5.49. The van der Waals surface area contributed by atoms with Gasteiger partial charge in [0.2, 0.25) is 5.91 Å². The molecule has 5 nitrogen and oxygen atoms in total. The lowest BCUT2D eigenvalue weighted by atomic mass is 9.83. The number of hydrogen-bond acceptors (Lipinski definition) is 3. The number of nitrogens with zero attached hydrogens (tertiary/aromatic N) is 1. The summed E-state index contributed by atoms with van der Waals surface area (Å²) in [5.41, 5.74) is 5.41. The third-order valence-corrected chi connectivity index (χ3v) is 3.63. The maximum Gasteiger partial charge on any atom is 0.323 e. The van der Waals surface area contributed by atoms with E-state index in [0.29, 0.717) is 6.54 Å². The van der Waals surface area contributed by atoms with Crippen molar-refractivity contribution in [1.82, 2.24) is 4.90 Å². The normalized spacial score (nSPS) is 28.1. The van der Waals surface area contributed by atoms with Crippen molar-refractivity contribution < 1.29 is 14.7 Å². The largest absolute Gasteiger partial charge is 0.480 e. The minimum absolute atomic E-state index is 0.105. The maximum absolute atomic E-state index is 12.4. The van der Waals surface area contributed by atoms with Gasteiger partial charge in [-0.3, -0.25) is 9.59 Å². The first-order valence-electron chi connectivity index (χ1n) is 6.18. The third kappa shape index (κ3) is 2.97. The number of carbonyl (C=O) groups excluding carboxylic acids is 1. The monoisotopic (exact) mass is 242 g/mol. The fourth-order valence-corrected chi connectivity index (χ4v) is 2.51. The summed E-state index contributed by atoms with van der Waals surface area (Å²) in [6, 6.07) is -0.150. The van der Waals surface area contributed by atoms with Crippen LogP contribution in [-0.2, 0) is 9.59 Å². The number of hydrogen-bond donors (Lipinski definition) is 2. The molecule has 1 aliphatic carbocycles. The lowest BCUT2D eigenvalue weighted by molar-refractivity contribution is -0.149. The number of rotatable bonds is 5. The molecule has 0 saturated heterocycles. The Balaban J connectivity index is 2.79. The van der Waals surface area contributed by atoms with Gasteiger partial charge in [-0.15, -0.1) is 0 Å². The number of nitrogens with two attached hydrogens (primary N) is 1. The number of carbonyl (C=O) groups is 2. The van der Waals surface area contributed by atoms with Crippen LogP contribution < -0.4 is 5.73 Å². The predicted molar refractivity (Wildman–Crippen MR) is 64.4 cm³/mol. The average molecular weight is 242 g/mol. The zero-order valence-electron chi connectivity index (χ0n) is 10.6. The van der Waals surface area contributed by atoms with Crippen LogP contribution in [0.4, 0.5) is 0 Å². The lowest BCUT2D eigenvalue weighted by Gasteiger charge is -2.33. The summed E-state index contributed by atoms with van der Waals surface area (Å²) in [5, 5.41) is 8.83. The van der Waals surface area contributed by atoms with Crippen LogP contribution in [0.25, 0.3) is 0 Å². The molecule has 1 saturated carbocycles. The van der Waals surface area contributed by atoms with E-state index in [0.717, 1.165) is 25.7 Å². The lowest BCUT2D eigenvalue weighted by Crippen LogP contribution is -2.50. The van der Waals surface area contributed by atoms with Gasteiger partial charge >= 0.3 is 5.97 Å². The molecule has 2 unspecified atom stereocenters. The first kappa shape index (κ1) is 14.0. The highest BCUT2D eigenvalue weighted by Gasteiger charge is 2.45. The van der Waals surface area contributed by atoms with Crippen LogP contribution in [0.2, 0.25) is 0 Å². The summed E-state index contributed by atoms with van der Waals surface area (Å²) in [5.74, 6) is -1.08. The minimum Gasteiger partial charge on any atom is -0.480 e. The Morgan fingerprint density at radius 2 is 2.18 bits per heavy atom. The first-order chi connectivity index (χ1) is 7.91. The Morgan fingerprint density at radius 3 is 2.59 bits per heavy atom. The van der Waals surface area contributed by atoms with E-state index < -0.39 is 11.4 Å². The Hall–Kier alpha value is -1.10. The number of carboxylic acids is 1. The molecular weight excluding hydrogens is 220 g/mol. The molecule has 0 aromatic carbocycles. The smallest absolute Gasteiger partial charge is 0.323 e. The van der Waals surface area contributed by atoms with Gasteiger partial charge in [0.1, 0.15) is 6.54 Å². The summed E-state index contributed by atoms with van der Waals surface area (Å²) in [4.78, 5) is 24.6. The Labute approximate surface area is 102 Å². The van der Waals surface area contributed by atoms with Crippen LogP contribution in [0.3, 0.4) is 0 Å². The van der Waals surface area contributed by atoms with Crippen molar-refractivity contribution in [2.75, 3.05) is 13.1 Å². The molecule has 0 aliphatic heterocycles. The van der Waals surface area contributed by atoms with Crippen LogP contribution in [0, 0.1) is 5.41 Å². The molecule has 98 valence electrons. The molecule has 5 heteroatoms. The third-order valence-electron chi connectivity index (χ3n) is 3.63. The van der Waals surface area contributed by atoms with E-state index in [1.54, 1.807) is 0 Å². The summed E-state index contributed by atoms with van der Waals surface area (Å²) in [7, 11) is 0. The summed E-state index contributed by atoms with van der Waals surface area (Å²) in [6.45, 7) is 4.04. The van der Waals surface area contributed by atoms with Crippen molar-refractivity contribution in [2.45, 2.75) is 45.6 Å². The fraction of sp³-hybridized carbons (Fsp3) is 0.833. The maximum atomic E-state index is 12.4. The summed E-state index contributed by atoms with van der Waals surface area (Å²) in [6.07, 6.45) is 3.29. The summed E-state index contributed by atoms with van der Waals surface area (Å²) < 4.78 is 0. The van der Waals surface area contributed by atoms with E-state index in [1.165, 1.54) is 4.90 Å². The standard InChI is InChI=1S/C12H22N2O3/c1-3-7-14(8-10(15)16)11(17)12(2)6-4-5-9(12)13/h9H,3-8,13H2,1-2H3,(H,15,16).